The zero-order valence-electron chi connectivity index (χ0n) is 14.9. The lowest BCUT2D eigenvalue weighted by Crippen LogP contribution is -2.31. The maximum Gasteiger partial charge on any atom is 0.355 e. The van der Waals surface area contributed by atoms with E-state index in [0.29, 0.717) is 30.0 Å². The highest BCUT2D eigenvalue weighted by atomic mass is 16.5. The van der Waals surface area contributed by atoms with E-state index in [0.717, 1.165) is 11.4 Å². The standard InChI is InChI=1S/C19H24N2O3/c1-6-21(15-11-9-8-10-12-15)18(22)16-13(3)17(19(23)24-7-2)20(5)14(16)4/h8-12H,6-7H2,1-5H3. The molecule has 1 heterocycles. The van der Waals surface area contributed by atoms with Crippen molar-refractivity contribution in [2.75, 3.05) is 18.1 Å². The second kappa shape index (κ2) is 7.34. The maximum atomic E-state index is 13.1. The number of ether oxygens (including phenoxy) is 1. The van der Waals surface area contributed by atoms with E-state index < -0.39 is 5.97 Å². The number of amides is 1. The summed E-state index contributed by atoms with van der Waals surface area (Å²) in [6.07, 6.45) is 0. The van der Waals surface area contributed by atoms with E-state index >= 15 is 0 Å². The van der Waals surface area contributed by atoms with Crippen LogP contribution in [0.4, 0.5) is 5.69 Å². The van der Waals surface area contributed by atoms with Gasteiger partial charge in [0.2, 0.25) is 0 Å². The van der Waals surface area contributed by atoms with Crippen LogP contribution in [0.25, 0.3) is 0 Å². The average molecular weight is 328 g/mol. The molecule has 1 aromatic heterocycles. The zero-order chi connectivity index (χ0) is 17.9. The predicted molar refractivity (Wildman–Crippen MR) is 94.6 cm³/mol. The molecule has 0 aliphatic rings. The molecule has 0 fully saturated rings. The smallest absolute Gasteiger partial charge is 0.355 e. The van der Waals surface area contributed by atoms with Gasteiger partial charge in [-0.25, -0.2) is 4.79 Å². The number of anilines is 1. The second-order valence-electron chi connectivity index (χ2n) is 5.60. The van der Waals surface area contributed by atoms with E-state index in [9.17, 15) is 9.59 Å². The Morgan fingerprint density at radius 3 is 2.29 bits per heavy atom. The topological polar surface area (TPSA) is 51.5 Å². The number of carbonyl (C=O) groups excluding carboxylic acids is 2. The molecule has 2 aromatic rings. The predicted octanol–water partition coefficient (Wildman–Crippen LogP) is 3.49. The third-order valence-corrected chi connectivity index (χ3v) is 4.24. The van der Waals surface area contributed by atoms with Crippen LogP contribution in [0.1, 0.15) is 46.0 Å². The Morgan fingerprint density at radius 2 is 1.75 bits per heavy atom. The van der Waals surface area contributed by atoms with Gasteiger partial charge >= 0.3 is 5.97 Å². The lowest BCUT2D eigenvalue weighted by atomic mass is 10.1. The van der Waals surface area contributed by atoms with Crippen molar-refractivity contribution < 1.29 is 14.3 Å². The quantitative estimate of drug-likeness (QED) is 0.790. The van der Waals surface area contributed by atoms with Crippen molar-refractivity contribution in [1.29, 1.82) is 0 Å². The summed E-state index contributed by atoms with van der Waals surface area (Å²) in [5.41, 5.74) is 3.25. The lowest BCUT2D eigenvalue weighted by Gasteiger charge is -2.21. The van der Waals surface area contributed by atoms with E-state index in [1.807, 2.05) is 44.2 Å². The number of aromatic nitrogens is 1. The minimum absolute atomic E-state index is 0.107. The van der Waals surface area contributed by atoms with Gasteiger partial charge in [-0.2, -0.15) is 0 Å². The second-order valence-corrected chi connectivity index (χ2v) is 5.60. The van der Waals surface area contributed by atoms with Gasteiger partial charge in [0.25, 0.3) is 5.91 Å². The Labute approximate surface area is 142 Å². The van der Waals surface area contributed by atoms with Crippen molar-refractivity contribution in [3.05, 3.63) is 52.8 Å². The highest BCUT2D eigenvalue weighted by Gasteiger charge is 2.28. The molecule has 5 nitrogen and oxygen atoms in total. The molecule has 0 aliphatic heterocycles. The van der Waals surface area contributed by atoms with Gasteiger partial charge < -0.3 is 14.2 Å². The summed E-state index contributed by atoms with van der Waals surface area (Å²) in [7, 11) is 1.78. The summed E-state index contributed by atoms with van der Waals surface area (Å²) in [6, 6.07) is 9.53. The number of esters is 1. The molecule has 1 amide bonds. The number of carbonyl (C=O) groups is 2. The van der Waals surface area contributed by atoms with Crippen LogP contribution >= 0.6 is 0 Å². The minimum Gasteiger partial charge on any atom is -0.461 e. The number of benzene rings is 1. The van der Waals surface area contributed by atoms with Crippen LogP contribution in [0.15, 0.2) is 30.3 Å². The molecule has 0 N–H and O–H groups in total. The first-order valence-corrected chi connectivity index (χ1v) is 8.13. The van der Waals surface area contributed by atoms with Gasteiger partial charge in [0, 0.05) is 25.0 Å². The number of hydrogen-bond donors (Lipinski definition) is 0. The summed E-state index contributed by atoms with van der Waals surface area (Å²) >= 11 is 0. The van der Waals surface area contributed by atoms with Gasteiger partial charge in [-0.1, -0.05) is 18.2 Å². The van der Waals surface area contributed by atoms with E-state index in [1.54, 1.807) is 30.4 Å². The molecular weight excluding hydrogens is 304 g/mol. The van der Waals surface area contributed by atoms with E-state index in [1.165, 1.54) is 0 Å². The number of rotatable bonds is 5. The third-order valence-electron chi connectivity index (χ3n) is 4.24. The molecular formula is C19H24N2O3. The fourth-order valence-electron chi connectivity index (χ4n) is 2.97. The normalized spacial score (nSPS) is 10.5. The van der Waals surface area contributed by atoms with Crippen LogP contribution in [-0.4, -0.2) is 29.6 Å². The van der Waals surface area contributed by atoms with Crippen LogP contribution in [-0.2, 0) is 11.8 Å². The fourth-order valence-corrected chi connectivity index (χ4v) is 2.97. The van der Waals surface area contributed by atoms with Crippen molar-refractivity contribution in [2.24, 2.45) is 7.05 Å². The molecule has 0 saturated heterocycles. The van der Waals surface area contributed by atoms with Gasteiger partial charge in [0.05, 0.1) is 12.2 Å². The van der Waals surface area contributed by atoms with Gasteiger partial charge in [-0.05, 0) is 45.4 Å². The summed E-state index contributed by atoms with van der Waals surface area (Å²) in [4.78, 5) is 27.1. The molecule has 5 heteroatoms. The Kier molecular flexibility index (Phi) is 5.44. The monoisotopic (exact) mass is 328 g/mol. The highest BCUT2D eigenvalue weighted by Crippen LogP contribution is 2.25. The molecule has 2 rings (SSSR count). The third kappa shape index (κ3) is 3.07. The first kappa shape index (κ1) is 17.8. The summed E-state index contributed by atoms with van der Waals surface area (Å²) in [6.45, 7) is 8.20. The van der Waals surface area contributed by atoms with Crippen molar-refractivity contribution >= 4 is 17.6 Å². The van der Waals surface area contributed by atoms with Crippen LogP contribution in [0.3, 0.4) is 0 Å². The number of para-hydroxylation sites is 1. The Balaban J connectivity index is 2.50. The Hall–Kier alpha value is -2.56. The van der Waals surface area contributed by atoms with Crippen LogP contribution in [0.2, 0.25) is 0 Å². The van der Waals surface area contributed by atoms with E-state index in [4.69, 9.17) is 4.74 Å². The van der Waals surface area contributed by atoms with Gasteiger partial charge in [0.15, 0.2) is 0 Å². The number of nitrogens with zero attached hydrogens (tertiary/aromatic N) is 2. The molecule has 128 valence electrons. The molecule has 1 aromatic carbocycles. The van der Waals surface area contributed by atoms with E-state index in [-0.39, 0.29) is 5.91 Å². The average Bonchev–Trinajstić information content (AvgIpc) is 2.79. The van der Waals surface area contributed by atoms with Crippen molar-refractivity contribution in [3.8, 4) is 0 Å². The number of hydrogen-bond acceptors (Lipinski definition) is 3. The van der Waals surface area contributed by atoms with Crippen molar-refractivity contribution in [3.63, 3.8) is 0 Å². The molecule has 0 atom stereocenters. The van der Waals surface area contributed by atoms with Crippen molar-refractivity contribution in [1.82, 2.24) is 4.57 Å². The van der Waals surface area contributed by atoms with Crippen LogP contribution < -0.4 is 4.90 Å². The molecule has 0 bridgehead atoms. The largest absolute Gasteiger partial charge is 0.461 e. The molecule has 0 saturated carbocycles. The van der Waals surface area contributed by atoms with Crippen LogP contribution in [0, 0.1) is 13.8 Å². The maximum absolute atomic E-state index is 13.1. The summed E-state index contributed by atoms with van der Waals surface area (Å²) in [5.74, 6) is -0.507. The van der Waals surface area contributed by atoms with Crippen molar-refractivity contribution in [2.45, 2.75) is 27.7 Å². The van der Waals surface area contributed by atoms with E-state index in [2.05, 4.69) is 0 Å². The van der Waals surface area contributed by atoms with Gasteiger partial charge in [0.1, 0.15) is 5.69 Å². The zero-order valence-corrected chi connectivity index (χ0v) is 14.9. The van der Waals surface area contributed by atoms with Crippen LogP contribution in [0.5, 0.6) is 0 Å². The lowest BCUT2D eigenvalue weighted by molar-refractivity contribution is 0.0514. The fraction of sp³-hybridized carbons (Fsp3) is 0.368. The summed E-state index contributed by atoms with van der Waals surface area (Å²) < 4.78 is 6.86. The Morgan fingerprint density at radius 1 is 1.12 bits per heavy atom. The van der Waals surface area contributed by atoms with Gasteiger partial charge in [-0.15, -0.1) is 0 Å². The SMILES string of the molecule is CCOC(=O)c1c(C)c(C(=O)N(CC)c2ccccc2)c(C)n1C. The molecule has 0 aliphatic carbocycles. The minimum atomic E-state index is -0.401. The summed E-state index contributed by atoms with van der Waals surface area (Å²) in [5, 5.41) is 0. The molecule has 0 unspecified atom stereocenters. The molecule has 0 radical (unpaired) electrons. The molecule has 24 heavy (non-hydrogen) atoms. The Bertz CT molecular complexity index is 748. The highest BCUT2D eigenvalue weighted by molar-refractivity contribution is 6.09. The first-order chi connectivity index (χ1) is 11.4. The molecule has 0 spiro atoms. The van der Waals surface area contributed by atoms with Gasteiger partial charge in [-0.3, -0.25) is 4.79 Å². The first-order valence-electron chi connectivity index (χ1n) is 8.13.